The van der Waals surface area contributed by atoms with Gasteiger partial charge in [0, 0.05) is 76.7 Å². The Hall–Kier alpha value is -10.7. The number of hydrogen-bond donors (Lipinski definition) is 5. The molecule has 0 bridgehead atoms. The number of nitrogens with two attached hydrogens (primary N) is 1. The molecule has 22 nitrogen and oxygen atoms in total. The first-order valence-electron chi connectivity index (χ1n) is 39.7. The second-order valence-corrected chi connectivity index (χ2v) is 31.2. The number of ketones is 1. The Morgan fingerprint density at radius 3 is 0.944 bits per heavy atom. The summed E-state index contributed by atoms with van der Waals surface area (Å²) in [4.78, 5) is 11.9. The number of halogens is 25. The predicted molar refractivity (Wildman–Crippen MR) is 462 cm³/mol. The van der Waals surface area contributed by atoms with E-state index in [9.17, 15) is 130 Å². The van der Waals surface area contributed by atoms with Crippen LogP contribution in [0.15, 0.2) is 296 Å². The number of benzene rings is 11. The zero-order chi connectivity index (χ0) is 103. The fourth-order valence-corrected chi connectivity index (χ4v) is 14.0. The van der Waals surface area contributed by atoms with Crippen molar-refractivity contribution in [2.75, 3.05) is 32.5 Å². The second kappa shape index (κ2) is 54.9. The Bertz CT molecular complexity index is 5720. The molecule has 6 N–H and O–H groups in total. The van der Waals surface area contributed by atoms with Gasteiger partial charge in [0.2, 0.25) is 0 Å². The minimum absolute atomic E-state index is 0. The van der Waals surface area contributed by atoms with Crippen molar-refractivity contribution in [1.29, 1.82) is 0 Å². The molecular weight excluding hydrogens is 2030 g/mol. The summed E-state index contributed by atoms with van der Waals surface area (Å²) in [5.41, 5.74) is 0.291. The molecule has 0 aromatic heterocycles. The molecule has 0 aliphatic carbocycles. The standard InChI is InChI=1S/3C16H11F5N2O3S.C16H11F5N2.C10H7F3O.C10H15NO.C6H6F2N2.2Na/c3*17-10-3-6-13(12(18)7-10)23-14(8-15(22-23)16(19,20)21)9-1-4-11(5-2-9)27-26-25-24;17-11-6-7-13(12(18)8-11)23-14(10-4-2-1-3-5-10)9-15(22-23)16(19,20)21;11-10(12,13)9(14)7-6-8-4-2-1-3-5-8;1-8(11-2)10(12)9-6-4-3-5-7-9;7-4-1-2-6(10-9)5(8)3-4;;/h3*1-7,14,24H,8H2;1-8,14H,9H2;1-7H;3-8,10-12H,1-2H3;1-3,10H,9H2;;/q;;;;;;;2*+1/p-2/b;;;;7-6+;;;;/t2*14-;;;;8-,10-;;;/m11...1.../s1. The van der Waals surface area contributed by atoms with Crippen LogP contribution in [0.2, 0.25) is 0 Å². The summed E-state index contributed by atoms with van der Waals surface area (Å²) < 4.78 is 339. The predicted octanol–water partition coefficient (Wildman–Crippen LogP) is 17.6. The smallest absolute Gasteiger partial charge is 0.691 e. The van der Waals surface area contributed by atoms with Crippen LogP contribution >= 0.6 is 36.1 Å². The Kier molecular flexibility index (Phi) is 45.7. The summed E-state index contributed by atoms with van der Waals surface area (Å²) in [6.07, 6.45) is -24.1. The van der Waals surface area contributed by atoms with Gasteiger partial charge in [-0.2, -0.15) is 94.9 Å². The van der Waals surface area contributed by atoms with E-state index in [0.29, 0.717) is 109 Å². The summed E-state index contributed by atoms with van der Waals surface area (Å²) in [5.74, 6) is -5.66. The molecule has 0 fully saturated rings. The fraction of sp³-hybridized carbons (Fsp3) is 0.189. The molecule has 11 aromatic carbocycles. The van der Waals surface area contributed by atoms with Crippen LogP contribution in [0, 0.1) is 58.2 Å². The SMILES string of the molecule is CN[C@H](C)[C@@H](O)c1ccccc1.Fc1ccc(N2N=C(C(F)(F)F)CC2c2ccccc2)c(F)c1.NNc1ccc(F)cc1F.O=C(/C=C/c1ccccc1)C(F)(F)F.OOOSc1ccc([C@H]2CC(C(F)(F)F)=NN2c2ccc(F)cc2F)cc1.[Na+].[Na+].[O-]OOSc1ccc(C2CC(C(F)(F)F)=NN2c2ccc(F)cc2F)cc1.[O-]OOSc1ccc([C@H]2CC(C(F)(F)F)=NN2c2ccc(F)cc2F)cc1. The number of aliphatic hydroxyl groups excluding tert-OH is 1. The van der Waals surface area contributed by atoms with Crippen molar-refractivity contribution >= 4 is 99.3 Å². The average molecular weight is 2100 g/mol. The van der Waals surface area contributed by atoms with E-state index in [1.165, 1.54) is 78.9 Å². The van der Waals surface area contributed by atoms with Crippen LogP contribution in [0.5, 0.6) is 0 Å². The van der Waals surface area contributed by atoms with Gasteiger partial charge in [0.25, 0.3) is 5.78 Å². The molecule has 15 rings (SSSR count). The summed E-state index contributed by atoms with van der Waals surface area (Å²) in [5, 5.41) is 68.2. The van der Waals surface area contributed by atoms with Gasteiger partial charge in [0.05, 0.1) is 94.8 Å². The molecule has 52 heteroatoms. The number of carbonyl (C=O) groups is 1. The number of rotatable bonds is 23. The minimum Gasteiger partial charge on any atom is -0.691 e. The average Bonchev–Trinajstić information content (AvgIpc) is 1.65. The van der Waals surface area contributed by atoms with E-state index in [4.69, 9.17) is 11.1 Å². The molecule has 4 heterocycles. The summed E-state index contributed by atoms with van der Waals surface area (Å²) in [6.45, 7) is 1.96. The van der Waals surface area contributed by atoms with E-state index in [1.807, 2.05) is 44.3 Å². The number of carbonyl (C=O) groups excluding carboxylic acids is 1. The first kappa shape index (κ1) is 118. The molecule has 0 radical (unpaired) electrons. The number of nitrogen functional groups attached to an aromatic ring is 1. The van der Waals surface area contributed by atoms with E-state index >= 15 is 0 Å². The maximum atomic E-state index is 14.1. The molecule has 11 aromatic rings. The molecule has 4 aliphatic heterocycles. The summed E-state index contributed by atoms with van der Waals surface area (Å²) in [6, 6.07) is 54.3. The Balaban J connectivity index is 0.000000230. The topological polar surface area (TPSA) is 272 Å². The van der Waals surface area contributed by atoms with Gasteiger partial charge in [-0.1, -0.05) is 139 Å². The number of allylic oxidation sites excluding steroid dienone is 1. The van der Waals surface area contributed by atoms with Crippen LogP contribution in [0.3, 0.4) is 0 Å². The molecule has 0 spiro atoms. The van der Waals surface area contributed by atoms with Crippen LogP contribution in [0.4, 0.5) is 138 Å². The number of anilines is 5. The quantitative estimate of drug-likeness (QED) is 0.00757. The van der Waals surface area contributed by atoms with Gasteiger partial charge in [0.15, 0.2) is 29.1 Å². The number of nitrogens with zero attached hydrogens (tertiary/aromatic N) is 8. The summed E-state index contributed by atoms with van der Waals surface area (Å²) >= 11 is 1.92. The summed E-state index contributed by atoms with van der Waals surface area (Å²) in [7, 11) is 1.84. The number of aliphatic hydroxyl groups is 1. The molecule has 746 valence electrons. The first-order chi connectivity index (χ1) is 66.2. The third-order valence-electron chi connectivity index (χ3n) is 19.7. The van der Waals surface area contributed by atoms with Gasteiger partial charge < -0.3 is 26.4 Å². The zero-order valence-electron chi connectivity index (χ0n) is 73.1. The number of alkyl halides is 15. The monoisotopic (exact) mass is 2100 g/mol. The van der Waals surface area contributed by atoms with Crippen LogP contribution in [-0.4, -0.2) is 83.0 Å². The third kappa shape index (κ3) is 34.8. The number of nitrogens with one attached hydrogen (secondary N) is 2. The van der Waals surface area contributed by atoms with Crippen LogP contribution in [-0.2, 0) is 32.9 Å². The molecule has 4 aliphatic rings. The number of hydrazone groups is 4. The fourth-order valence-electron chi connectivity index (χ4n) is 12.9. The van der Waals surface area contributed by atoms with Crippen molar-refractivity contribution < 1.29 is 223 Å². The molecule has 142 heavy (non-hydrogen) atoms. The van der Waals surface area contributed by atoms with Gasteiger partial charge >= 0.3 is 90.0 Å². The van der Waals surface area contributed by atoms with Gasteiger partial charge in [0.1, 0.15) is 51.9 Å². The Labute approximate surface area is 847 Å². The maximum Gasteiger partial charge on any atom is 1.00 e. The van der Waals surface area contributed by atoms with Crippen molar-refractivity contribution in [3.05, 3.63) is 352 Å². The molecule has 0 saturated heterocycles. The van der Waals surface area contributed by atoms with Gasteiger partial charge in [-0.15, -0.1) is 4.33 Å². The molecule has 0 saturated carbocycles. The normalized spacial score (nSPS) is 16.0. The van der Waals surface area contributed by atoms with E-state index in [2.05, 4.69) is 59.3 Å². The minimum atomic E-state index is -4.79. The third-order valence-corrected chi connectivity index (χ3v) is 21.5. The molecule has 6 atom stereocenters. The maximum absolute atomic E-state index is 14.1. The van der Waals surface area contributed by atoms with E-state index < -0.39 is 174 Å². The number of likely N-dealkylation sites (N-methyl/N-ethyl adjacent to an activating group) is 1. The number of hydrogen-bond acceptors (Lipinski definition) is 25. The van der Waals surface area contributed by atoms with Gasteiger partial charge in [-0.25, -0.2) is 49.2 Å². The molecule has 2 unspecified atom stereocenters. The van der Waals surface area contributed by atoms with Crippen LogP contribution < -0.4 is 106 Å². The number of hydrazine groups is 1. The van der Waals surface area contributed by atoms with Crippen LogP contribution in [0.25, 0.3) is 6.08 Å². The van der Waals surface area contributed by atoms with E-state index in [0.717, 1.165) is 92.3 Å². The molecule has 0 amide bonds. The van der Waals surface area contributed by atoms with Crippen molar-refractivity contribution in [3.63, 3.8) is 0 Å². The first-order valence-corrected chi connectivity index (χ1v) is 41.9. The van der Waals surface area contributed by atoms with Crippen molar-refractivity contribution in [1.82, 2.24) is 5.32 Å². The Morgan fingerprint density at radius 2 is 0.683 bits per heavy atom. The van der Waals surface area contributed by atoms with Crippen LogP contribution in [0.1, 0.15) is 96.3 Å². The van der Waals surface area contributed by atoms with Crippen molar-refractivity contribution in [2.24, 2.45) is 26.2 Å². The van der Waals surface area contributed by atoms with E-state index in [1.54, 1.807) is 60.7 Å². The van der Waals surface area contributed by atoms with E-state index in [-0.39, 0.29) is 93.6 Å². The van der Waals surface area contributed by atoms with Gasteiger partial charge in [-0.05, 0) is 150 Å². The Morgan fingerprint density at radius 1 is 0.408 bits per heavy atom. The second-order valence-electron chi connectivity index (χ2n) is 28.9. The largest absolute Gasteiger partial charge is 1.00 e. The van der Waals surface area contributed by atoms with Crippen molar-refractivity contribution in [2.45, 2.75) is 114 Å². The molecular formula is C90H70F25N11Na2O11S3. The van der Waals surface area contributed by atoms with Crippen molar-refractivity contribution in [3.8, 4) is 0 Å². The zero-order valence-corrected chi connectivity index (χ0v) is 79.5. The van der Waals surface area contributed by atoms with Gasteiger partial charge in [-0.3, -0.25) is 40.7 Å².